The van der Waals surface area contributed by atoms with Crippen LogP contribution in [0.25, 0.3) is 0 Å². The summed E-state index contributed by atoms with van der Waals surface area (Å²) in [7, 11) is 1.60. The van der Waals surface area contributed by atoms with E-state index in [1.54, 1.807) is 14.0 Å². The van der Waals surface area contributed by atoms with Crippen molar-refractivity contribution in [2.24, 2.45) is 18.2 Å². The lowest BCUT2D eigenvalue weighted by Crippen LogP contribution is -2.52. The first-order valence-corrected chi connectivity index (χ1v) is 7.69. The van der Waals surface area contributed by atoms with E-state index < -0.39 is 12.8 Å². The van der Waals surface area contributed by atoms with Crippen LogP contribution in [-0.2, 0) is 13.6 Å². The van der Waals surface area contributed by atoms with Crippen LogP contribution in [0, 0.1) is 12.3 Å². The number of piperidine rings is 1. The van der Waals surface area contributed by atoms with E-state index in [4.69, 9.17) is 10.5 Å². The summed E-state index contributed by atoms with van der Waals surface area (Å²) in [6.45, 7) is 6.83. The number of alkyl halides is 3. The molecule has 5 nitrogen and oxygen atoms in total. The van der Waals surface area contributed by atoms with E-state index in [1.807, 2.05) is 0 Å². The van der Waals surface area contributed by atoms with Gasteiger partial charge in [-0.3, -0.25) is 4.90 Å². The molecule has 140 valence electrons. The minimum Gasteiger partial charge on any atom is -0.468 e. The molecule has 1 unspecified atom stereocenters. The highest BCUT2D eigenvalue weighted by Gasteiger charge is 2.35. The largest absolute Gasteiger partial charge is 0.468 e. The summed E-state index contributed by atoms with van der Waals surface area (Å²) in [4.78, 5) is 2.20. The number of likely N-dealkylation sites (tertiary alicyclic amines) is 1. The van der Waals surface area contributed by atoms with Crippen molar-refractivity contribution in [1.29, 1.82) is 0 Å². The molecule has 0 saturated carbocycles. The summed E-state index contributed by atoms with van der Waals surface area (Å²) in [6.07, 6.45) is -3.50. The molecule has 1 fully saturated rings. The maximum atomic E-state index is 12.4. The predicted octanol–water partition coefficient (Wildman–Crippen LogP) is 2.65. The lowest BCUT2D eigenvalue weighted by atomic mass is 9.79. The van der Waals surface area contributed by atoms with Gasteiger partial charge in [-0.1, -0.05) is 13.8 Å². The van der Waals surface area contributed by atoms with Gasteiger partial charge in [-0.15, -0.1) is 12.4 Å². The van der Waals surface area contributed by atoms with E-state index in [0.717, 1.165) is 19.5 Å². The van der Waals surface area contributed by atoms with Gasteiger partial charge in [-0.2, -0.15) is 18.3 Å². The molecular weight excluding hydrogens is 345 g/mol. The minimum absolute atomic E-state index is 0. The monoisotopic (exact) mass is 370 g/mol. The Morgan fingerprint density at radius 2 is 2.00 bits per heavy atom. The number of aromatic nitrogens is 2. The zero-order valence-electron chi connectivity index (χ0n) is 14.5. The van der Waals surface area contributed by atoms with Crippen LogP contribution in [0.5, 0.6) is 5.88 Å². The molecule has 0 bridgehead atoms. The molecule has 24 heavy (non-hydrogen) atoms. The van der Waals surface area contributed by atoms with Crippen molar-refractivity contribution >= 4 is 12.4 Å². The Morgan fingerprint density at radius 3 is 2.54 bits per heavy atom. The minimum atomic E-state index is -4.37. The second-order valence-corrected chi connectivity index (χ2v) is 6.99. The van der Waals surface area contributed by atoms with Gasteiger partial charge in [0.15, 0.2) is 6.61 Å². The Hall–Kier alpha value is -0.990. The molecule has 0 spiro atoms. The normalized spacial score (nSPS) is 21.4. The third-order valence-electron chi connectivity index (χ3n) is 4.43. The van der Waals surface area contributed by atoms with E-state index in [9.17, 15) is 13.2 Å². The van der Waals surface area contributed by atoms with Gasteiger partial charge in [0.25, 0.3) is 0 Å². The average molecular weight is 371 g/mol. The number of aryl methyl sites for hydroxylation is 2. The highest BCUT2D eigenvalue weighted by atomic mass is 35.5. The Kier molecular flexibility index (Phi) is 6.57. The van der Waals surface area contributed by atoms with Crippen molar-refractivity contribution < 1.29 is 17.9 Å². The second-order valence-electron chi connectivity index (χ2n) is 6.99. The summed E-state index contributed by atoms with van der Waals surface area (Å²) in [5, 5.41) is 4.20. The number of hydrogen-bond acceptors (Lipinski definition) is 4. The van der Waals surface area contributed by atoms with Crippen LogP contribution < -0.4 is 10.5 Å². The molecule has 1 aliphatic rings. The van der Waals surface area contributed by atoms with Crippen molar-refractivity contribution in [3.05, 3.63) is 11.3 Å². The van der Waals surface area contributed by atoms with Gasteiger partial charge in [0.1, 0.15) is 0 Å². The van der Waals surface area contributed by atoms with E-state index in [-0.39, 0.29) is 29.7 Å². The highest BCUT2D eigenvalue weighted by Crippen LogP contribution is 2.31. The second kappa shape index (κ2) is 7.49. The van der Waals surface area contributed by atoms with Crippen molar-refractivity contribution in [3.8, 4) is 5.88 Å². The fourth-order valence-electron chi connectivity index (χ4n) is 3.04. The van der Waals surface area contributed by atoms with Gasteiger partial charge >= 0.3 is 6.18 Å². The molecular formula is C15H26ClF3N4O. The van der Waals surface area contributed by atoms with Crippen LogP contribution in [0.15, 0.2) is 0 Å². The summed E-state index contributed by atoms with van der Waals surface area (Å²) < 4.78 is 43.7. The van der Waals surface area contributed by atoms with Crippen LogP contribution in [0.4, 0.5) is 13.2 Å². The zero-order chi connectivity index (χ0) is 17.4. The molecule has 1 aliphatic heterocycles. The molecule has 1 aromatic rings. The lowest BCUT2D eigenvalue weighted by molar-refractivity contribution is -0.154. The number of hydrogen-bond donors (Lipinski definition) is 1. The molecule has 1 saturated heterocycles. The van der Waals surface area contributed by atoms with Crippen LogP contribution in [0.3, 0.4) is 0 Å². The number of nitrogens with two attached hydrogens (primary N) is 1. The van der Waals surface area contributed by atoms with Gasteiger partial charge in [0, 0.05) is 32.7 Å². The summed E-state index contributed by atoms with van der Waals surface area (Å²) in [5.41, 5.74) is 7.51. The van der Waals surface area contributed by atoms with Gasteiger partial charge in [-0.05, 0) is 18.8 Å². The van der Waals surface area contributed by atoms with Crippen LogP contribution >= 0.6 is 12.4 Å². The predicted molar refractivity (Wildman–Crippen MR) is 88.4 cm³/mol. The topological polar surface area (TPSA) is 56.3 Å². The third-order valence-corrected chi connectivity index (χ3v) is 4.43. The Morgan fingerprint density at radius 1 is 1.38 bits per heavy atom. The molecule has 1 atom stereocenters. The summed E-state index contributed by atoms with van der Waals surface area (Å²) >= 11 is 0. The maximum Gasteiger partial charge on any atom is 0.422 e. The molecule has 0 radical (unpaired) electrons. The zero-order valence-corrected chi connectivity index (χ0v) is 15.3. The van der Waals surface area contributed by atoms with E-state index in [0.29, 0.717) is 17.8 Å². The fraction of sp³-hybridized carbons (Fsp3) is 0.800. The number of halogens is 4. The average Bonchev–Trinajstić information content (AvgIpc) is 2.65. The van der Waals surface area contributed by atoms with Crippen LogP contribution in [0.2, 0.25) is 0 Å². The molecule has 0 aromatic carbocycles. The molecule has 1 aromatic heterocycles. The number of ether oxygens (including phenoxy) is 1. The standard InChI is InChI=1S/C15H25F3N4O.ClH/c1-10-11(7-22-6-5-12(19)14(2,3)8-22)13(21(4)20-10)23-9-15(16,17)18;/h12H,5-9,19H2,1-4H3;1H. The molecule has 2 N–H and O–H groups in total. The number of rotatable bonds is 4. The first-order valence-electron chi connectivity index (χ1n) is 7.69. The van der Waals surface area contributed by atoms with Crippen molar-refractivity contribution in [1.82, 2.24) is 14.7 Å². The van der Waals surface area contributed by atoms with E-state index in [1.165, 1.54) is 4.68 Å². The maximum absolute atomic E-state index is 12.4. The Balaban J connectivity index is 0.00000288. The number of nitrogens with zero attached hydrogens (tertiary/aromatic N) is 3. The summed E-state index contributed by atoms with van der Waals surface area (Å²) in [5.74, 6) is 0.188. The van der Waals surface area contributed by atoms with Gasteiger partial charge in [-0.25, -0.2) is 4.68 Å². The summed E-state index contributed by atoms with van der Waals surface area (Å²) in [6, 6.07) is 0.134. The van der Waals surface area contributed by atoms with Crippen LogP contribution in [0.1, 0.15) is 31.5 Å². The van der Waals surface area contributed by atoms with Gasteiger partial charge < -0.3 is 10.5 Å². The first-order chi connectivity index (χ1) is 10.5. The molecule has 9 heteroatoms. The third kappa shape index (κ3) is 5.00. The van der Waals surface area contributed by atoms with Crippen molar-refractivity contribution in [2.45, 2.75) is 46.0 Å². The SMILES string of the molecule is Cc1nn(C)c(OCC(F)(F)F)c1CN1CCC(N)C(C)(C)C1.Cl. The van der Waals surface area contributed by atoms with E-state index in [2.05, 4.69) is 23.8 Å². The fourth-order valence-corrected chi connectivity index (χ4v) is 3.04. The van der Waals surface area contributed by atoms with Gasteiger partial charge in [0.2, 0.25) is 5.88 Å². The first kappa shape index (κ1) is 21.1. The smallest absolute Gasteiger partial charge is 0.422 e. The Bertz CT molecular complexity index is 560. The quantitative estimate of drug-likeness (QED) is 0.885. The molecule has 2 heterocycles. The van der Waals surface area contributed by atoms with Crippen molar-refractivity contribution in [3.63, 3.8) is 0 Å². The molecule has 0 amide bonds. The molecule has 2 rings (SSSR count). The van der Waals surface area contributed by atoms with Crippen molar-refractivity contribution in [2.75, 3.05) is 19.7 Å². The lowest BCUT2D eigenvalue weighted by Gasteiger charge is -2.42. The van der Waals surface area contributed by atoms with Gasteiger partial charge in [0.05, 0.1) is 11.3 Å². The molecule has 0 aliphatic carbocycles. The van der Waals surface area contributed by atoms with E-state index >= 15 is 0 Å². The van der Waals surface area contributed by atoms with Crippen LogP contribution in [-0.4, -0.2) is 46.6 Å². The Labute approximate surface area is 146 Å². The highest BCUT2D eigenvalue weighted by molar-refractivity contribution is 5.85.